The third-order valence-electron chi connectivity index (χ3n) is 9.54. The number of aromatic nitrogens is 4. The summed E-state index contributed by atoms with van der Waals surface area (Å²) in [6, 6.07) is 48.3. The van der Waals surface area contributed by atoms with Crippen LogP contribution in [0.3, 0.4) is 0 Å². The van der Waals surface area contributed by atoms with Gasteiger partial charge >= 0.3 is 11.9 Å². The second-order valence-electron chi connectivity index (χ2n) is 13.5. The summed E-state index contributed by atoms with van der Waals surface area (Å²) in [5, 5.41) is 48.8. The molecule has 0 spiro atoms. The first-order chi connectivity index (χ1) is 29.1. The number of aromatic hydroxyl groups is 2. The minimum Gasteiger partial charge on any atom is -0.493 e. The molecule has 0 aliphatic heterocycles. The predicted molar refractivity (Wildman–Crippen MR) is 232 cm³/mol. The molecule has 2 heterocycles. The summed E-state index contributed by atoms with van der Waals surface area (Å²) in [6.07, 6.45) is 2.88. The van der Waals surface area contributed by atoms with E-state index in [1.807, 2.05) is 109 Å². The molecule has 305 valence electrons. The molecule has 61 heavy (non-hydrogen) atoms. The van der Waals surface area contributed by atoms with Gasteiger partial charge in [-0.3, -0.25) is 9.98 Å². The van der Waals surface area contributed by atoms with Crippen LogP contribution in [0.4, 0.5) is 11.4 Å². The van der Waals surface area contributed by atoms with Gasteiger partial charge in [0.1, 0.15) is 0 Å². The van der Waals surface area contributed by atoms with Crippen LogP contribution in [-0.2, 0) is 16.8 Å². The number of hydrogen-bond donors (Lipinski definition) is 4. The predicted octanol–water partition coefficient (Wildman–Crippen LogP) is 10.0. The molecule has 0 saturated heterocycles. The van der Waals surface area contributed by atoms with Crippen LogP contribution in [0, 0.1) is 13.8 Å². The van der Waals surface area contributed by atoms with Gasteiger partial charge < -0.3 is 20.4 Å². The number of aliphatic imine (C=N–C) groups is 2. The molecule has 0 bridgehead atoms. The van der Waals surface area contributed by atoms with Crippen molar-refractivity contribution in [3.05, 3.63) is 191 Å². The van der Waals surface area contributed by atoms with E-state index in [9.17, 15) is 30.0 Å². The van der Waals surface area contributed by atoms with E-state index in [0.717, 1.165) is 22.3 Å². The summed E-state index contributed by atoms with van der Waals surface area (Å²) < 4.78 is 2.88. The maximum Gasteiger partial charge on any atom is 0.337 e. The standard InChI is InChI=1S/2C24H19N3O3.Co/c2*1-16-21(15-25-22-10-6-5-9-20(22)24(29)30)23(28)27(26-16)19-13-11-18(12-14-19)17-7-3-2-4-8-17;/h2*2-15,28H,1H3,(H,29,30);. The second-order valence-corrected chi connectivity index (χ2v) is 13.5. The molecule has 0 unspecified atom stereocenters. The monoisotopic (exact) mass is 853 g/mol. The number of aromatic carboxylic acids is 2. The molecule has 1 radical (unpaired) electrons. The molecular formula is C48H38CoN6O6. The summed E-state index contributed by atoms with van der Waals surface area (Å²) in [4.78, 5) is 31.2. The molecule has 8 aromatic rings. The summed E-state index contributed by atoms with van der Waals surface area (Å²) in [5.74, 6) is -2.23. The molecule has 0 aliphatic carbocycles. The molecule has 2 aromatic heterocycles. The Morgan fingerprint density at radius 3 is 1.13 bits per heavy atom. The molecule has 6 aromatic carbocycles. The van der Waals surface area contributed by atoms with Crippen LogP contribution in [0.5, 0.6) is 11.8 Å². The molecule has 8 rings (SSSR count). The van der Waals surface area contributed by atoms with Crippen molar-refractivity contribution in [3.63, 3.8) is 0 Å². The van der Waals surface area contributed by atoms with E-state index in [1.54, 1.807) is 50.2 Å². The average molecular weight is 854 g/mol. The molecule has 0 fully saturated rings. The second kappa shape index (κ2) is 19.3. The SMILES string of the molecule is Cc1nn(-c2ccc(-c3ccccc3)cc2)c(O)c1C=Nc1ccccc1C(=O)O.Cc1nn(-c2ccc(-c3ccccc3)cc2)c(O)c1C=Nc1ccccc1C(=O)O.[Co]. The van der Waals surface area contributed by atoms with Gasteiger partial charge in [-0.05, 0) is 84.6 Å². The van der Waals surface area contributed by atoms with Gasteiger partial charge in [-0.15, -0.1) is 0 Å². The number of benzene rings is 6. The van der Waals surface area contributed by atoms with Crippen LogP contribution in [0.25, 0.3) is 33.6 Å². The van der Waals surface area contributed by atoms with Crippen LogP contribution in [0.2, 0.25) is 0 Å². The van der Waals surface area contributed by atoms with E-state index in [2.05, 4.69) is 20.2 Å². The minimum absolute atomic E-state index is 0. The van der Waals surface area contributed by atoms with Gasteiger partial charge in [0.15, 0.2) is 0 Å². The van der Waals surface area contributed by atoms with E-state index in [-0.39, 0.29) is 39.7 Å². The number of nitrogens with zero attached hydrogens (tertiary/aromatic N) is 6. The molecule has 0 aliphatic rings. The number of hydrogen-bond acceptors (Lipinski definition) is 8. The topological polar surface area (TPSA) is 175 Å². The fraction of sp³-hybridized carbons (Fsp3) is 0.0417. The Morgan fingerprint density at radius 1 is 0.475 bits per heavy atom. The van der Waals surface area contributed by atoms with Crippen molar-refractivity contribution in [3.8, 4) is 45.4 Å². The number of carboxylic acids is 2. The quantitative estimate of drug-likeness (QED) is 0.0983. The number of carboxylic acid groups (broad SMARTS) is 2. The third-order valence-corrected chi connectivity index (χ3v) is 9.54. The summed E-state index contributed by atoms with van der Waals surface area (Å²) in [5.41, 5.74) is 8.59. The van der Waals surface area contributed by atoms with Crippen LogP contribution in [0.15, 0.2) is 168 Å². The van der Waals surface area contributed by atoms with Gasteiger partial charge in [0.25, 0.3) is 0 Å². The molecular weight excluding hydrogens is 815 g/mol. The van der Waals surface area contributed by atoms with Crippen molar-refractivity contribution in [2.24, 2.45) is 9.98 Å². The third kappa shape index (κ3) is 9.71. The zero-order chi connectivity index (χ0) is 42.2. The molecule has 0 amide bonds. The maximum absolute atomic E-state index is 11.3. The van der Waals surface area contributed by atoms with Crippen LogP contribution < -0.4 is 0 Å². The fourth-order valence-corrected chi connectivity index (χ4v) is 6.37. The van der Waals surface area contributed by atoms with Gasteiger partial charge in [-0.2, -0.15) is 10.2 Å². The van der Waals surface area contributed by atoms with Crippen molar-refractivity contribution in [2.75, 3.05) is 0 Å². The van der Waals surface area contributed by atoms with E-state index < -0.39 is 11.9 Å². The Bertz CT molecular complexity index is 2660. The Labute approximate surface area is 361 Å². The minimum atomic E-state index is -1.06. The normalized spacial score (nSPS) is 10.9. The molecule has 0 saturated carbocycles. The van der Waals surface area contributed by atoms with Gasteiger partial charge in [0, 0.05) is 29.2 Å². The molecule has 13 heteroatoms. The van der Waals surface area contributed by atoms with E-state index in [4.69, 9.17) is 0 Å². The molecule has 12 nitrogen and oxygen atoms in total. The van der Waals surface area contributed by atoms with E-state index in [0.29, 0.717) is 45.3 Å². The van der Waals surface area contributed by atoms with E-state index >= 15 is 0 Å². The van der Waals surface area contributed by atoms with Crippen LogP contribution >= 0.6 is 0 Å². The summed E-state index contributed by atoms with van der Waals surface area (Å²) in [6.45, 7) is 3.53. The Kier molecular flexibility index (Phi) is 13.5. The van der Waals surface area contributed by atoms with Gasteiger partial charge in [-0.25, -0.2) is 19.0 Å². The van der Waals surface area contributed by atoms with Crippen molar-refractivity contribution >= 4 is 35.7 Å². The van der Waals surface area contributed by atoms with Crippen molar-refractivity contribution in [2.45, 2.75) is 13.8 Å². The summed E-state index contributed by atoms with van der Waals surface area (Å²) in [7, 11) is 0. The average Bonchev–Trinajstić information content (AvgIpc) is 3.73. The van der Waals surface area contributed by atoms with Crippen molar-refractivity contribution in [1.82, 2.24) is 19.6 Å². The van der Waals surface area contributed by atoms with Crippen LogP contribution in [0.1, 0.15) is 43.2 Å². The number of para-hydroxylation sites is 2. The van der Waals surface area contributed by atoms with Gasteiger partial charge in [0.05, 0.1) is 56.4 Å². The van der Waals surface area contributed by atoms with Crippen LogP contribution in [-0.4, -0.2) is 64.4 Å². The van der Waals surface area contributed by atoms with Crippen molar-refractivity contribution < 1.29 is 46.8 Å². The zero-order valence-electron chi connectivity index (χ0n) is 32.8. The number of aryl methyl sites for hydroxylation is 2. The zero-order valence-corrected chi connectivity index (χ0v) is 33.8. The van der Waals surface area contributed by atoms with Gasteiger partial charge in [-0.1, -0.05) is 109 Å². The van der Waals surface area contributed by atoms with E-state index in [1.165, 1.54) is 33.9 Å². The van der Waals surface area contributed by atoms with Crippen molar-refractivity contribution in [1.29, 1.82) is 0 Å². The summed E-state index contributed by atoms with van der Waals surface area (Å²) >= 11 is 0. The molecule has 4 N–H and O–H groups in total. The Balaban J connectivity index is 0.000000201. The first-order valence-electron chi connectivity index (χ1n) is 18.7. The number of carbonyl (C=O) groups is 2. The number of rotatable bonds is 10. The Morgan fingerprint density at radius 2 is 0.787 bits per heavy atom. The fourth-order valence-electron chi connectivity index (χ4n) is 6.37. The smallest absolute Gasteiger partial charge is 0.337 e. The van der Waals surface area contributed by atoms with Gasteiger partial charge in [0.2, 0.25) is 11.8 Å². The maximum atomic E-state index is 11.3. The first kappa shape index (κ1) is 42.7. The molecule has 0 atom stereocenters. The largest absolute Gasteiger partial charge is 0.493 e. The first-order valence-corrected chi connectivity index (χ1v) is 18.7. The Hall–Kier alpha value is -7.87.